The highest BCUT2D eigenvalue weighted by molar-refractivity contribution is 7.92. The average molecular weight is 370 g/mol. The number of ether oxygens (including phenoxy) is 1. The lowest BCUT2D eigenvalue weighted by Crippen LogP contribution is -2.56. The van der Waals surface area contributed by atoms with Gasteiger partial charge in [0.2, 0.25) is 5.89 Å². The molecule has 1 spiro atoms. The van der Waals surface area contributed by atoms with Gasteiger partial charge in [-0.3, -0.25) is 0 Å². The Morgan fingerprint density at radius 2 is 1.92 bits per heavy atom. The van der Waals surface area contributed by atoms with E-state index >= 15 is 0 Å². The molecule has 0 unspecified atom stereocenters. The summed E-state index contributed by atoms with van der Waals surface area (Å²) < 4.78 is 37.3. The molecular formula is C17H20ClNO4S. The minimum absolute atomic E-state index is 0.0656. The van der Waals surface area contributed by atoms with Crippen LogP contribution in [0.15, 0.2) is 21.4 Å². The van der Waals surface area contributed by atoms with Crippen molar-refractivity contribution in [2.45, 2.75) is 49.2 Å². The fraction of sp³-hybridized carbons (Fsp3) is 0.588. The molecule has 24 heavy (non-hydrogen) atoms. The zero-order chi connectivity index (χ0) is 17.3. The molecule has 2 aromatic rings. The van der Waals surface area contributed by atoms with Crippen LogP contribution in [0.3, 0.4) is 0 Å². The fourth-order valence-corrected chi connectivity index (χ4v) is 6.14. The Morgan fingerprint density at radius 3 is 2.46 bits per heavy atom. The first-order valence-electron chi connectivity index (χ1n) is 8.04. The quantitative estimate of drug-likeness (QED) is 0.806. The molecule has 1 saturated heterocycles. The summed E-state index contributed by atoms with van der Waals surface area (Å²) in [5, 5.41) is -0.224. The molecule has 1 saturated carbocycles. The Bertz CT molecular complexity index is 914. The molecule has 0 radical (unpaired) electrons. The molecule has 0 atom stereocenters. The van der Waals surface area contributed by atoms with Crippen molar-refractivity contribution < 1.29 is 17.6 Å². The lowest BCUT2D eigenvalue weighted by Gasteiger charge is -2.52. The number of sulfone groups is 1. The Labute approximate surface area is 146 Å². The number of nitrogens with zero attached hydrogens (tertiary/aromatic N) is 1. The SMILES string of the molecule is CC(C)(C)c1nc2ccc(Cl)c(S(=O)(=O)C3CC4(COC4)C3)c2o1. The summed E-state index contributed by atoms with van der Waals surface area (Å²) in [6.07, 6.45) is 1.25. The molecule has 1 aromatic carbocycles. The number of rotatable bonds is 2. The largest absolute Gasteiger partial charge is 0.439 e. The van der Waals surface area contributed by atoms with Gasteiger partial charge >= 0.3 is 0 Å². The second-order valence-corrected chi connectivity index (χ2v) is 10.6. The molecule has 2 aliphatic rings. The Balaban J connectivity index is 1.80. The van der Waals surface area contributed by atoms with E-state index in [9.17, 15) is 8.42 Å². The van der Waals surface area contributed by atoms with Gasteiger partial charge in [-0.1, -0.05) is 32.4 Å². The van der Waals surface area contributed by atoms with Crippen molar-refractivity contribution in [3.8, 4) is 0 Å². The first kappa shape index (κ1) is 16.4. The minimum atomic E-state index is -3.56. The van der Waals surface area contributed by atoms with Crippen LogP contribution in [0.2, 0.25) is 5.02 Å². The van der Waals surface area contributed by atoms with Crippen molar-refractivity contribution in [3.63, 3.8) is 0 Å². The second-order valence-electron chi connectivity index (χ2n) is 8.06. The van der Waals surface area contributed by atoms with Crippen molar-refractivity contribution in [1.29, 1.82) is 0 Å². The topological polar surface area (TPSA) is 69.4 Å². The van der Waals surface area contributed by atoms with E-state index in [0.29, 0.717) is 37.5 Å². The Hall–Kier alpha value is -1.11. The number of hydrogen-bond acceptors (Lipinski definition) is 5. The zero-order valence-corrected chi connectivity index (χ0v) is 15.5. The number of fused-ring (bicyclic) bond motifs is 1. The zero-order valence-electron chi connectivity index (χ0n) is 13.9. The van der Waals surface area contributed by atoms with E-state index in [1.165, 1.54) is 0 Å². The van der Waals surface area contributed by atoms with E-state index in [4.69, 9.17) is 20.8 Å². The molecule has 0 N–H and O–H groups in total. The van der Waals surface area contributed by atoms with E-state index in [2.05, 4.69) is 4.98 Å². The van der Waals surface area contributed by atoms with E-state index in [0.717, 1.165) is 0 Å². The van der Waals surface area contributed by atoms with E-state index in [1.807, 2.05) is 20.8 Å². The highest BCUT2D eigenvalue weighted by Gasteiger charge is 2.55. The number of hydrogen-bond donors (Lipinski definition) is 0. The third-order valence-corrected chi connectivity index (χ3v) is 7.58. The molecule has 5 nitrogen and oxygen atoms in total. The first-order valence-corrected chi connectivity index (χ1v) is 9.96. The van der Waals surface area contributed by atoms with Crippen LogP contribution in [-0.4, -0.2) is 31.9 Å². The van der Waals surface area contributed by atoms with Crippen LogP contribution in [-0.2, 0) is 20.0 Å². The molecule has 1 aliphatic carbocycles. The Morgan fingerprint density at radius 1 is 1.25 bits per heavy atom. The molecule has 1 aromatic heterocycles. The van der Waals surface area contributed by atoms with Crippen molar-refractivity contribution in [1.82, 2.24) is 4.98 Å². The molecule has 4 rings (SSSR count). The van der Waals surface area contributed by atoms with Crippen LogP contribution in [0.4, 0.5) is 0 Å². The summed E-state index contributed by atoms with van der Waals surface area (Å²) in [6, 6.07) is 3.30. The maximum Gasteiger partial charge on any atom is 0.200 e. The van der Waals surface area contributed by atoms with Crippen LogP contribution in [0, 0.1) is 5.41 Å². The highest BCUT2D eigenvalue weighted by Crippen LogP contribution is 2.52. The molecule has 0 amide bonds. The van der Waals surface area contributed by atoms with Crippen molar-refractivity contribution in [3.05, 3.63) is 23.0 Å². The smallest absolute Gasteiger partial charge is 0.200 e. The van der Waals surface area contributed by atoms with Gasteiger partial charge in [-0.05, 0) is 25.0 Å². The van der Waals surface area contributed by atoms with Crippen molar-refractivity contribution in [2.75, 3.05) is 13.2 Å². The molecule has 7 heteroatoms. The summed E-state index contributed by atoms with van der Waals surface area (Å²) in [6.45, 7) is 7.24. The van der Waals surface area contributed by atoms with E-state index in [1.54, 1.807) is 12.1 Å². The Kier molecular flexibility index (Phi) is 3.38. The monoisotopic (exact) mass is 369 g/mol. The van der Waals surface area contributed by atoms with Crippen LogP contribution in [0.1, 0.15) is 39.5 Å². The summed E-state index contributed by atoms with van der Waals surface area (Å²) in [5.41, 5.74) is 0.564. The third-order valence-electron chi connectivity index (χ3n) is 4.97. The molecular weight excluding hydrogens is 350 g/mol. The van der Waals surface area contributed by atoms with Crippen LogP contribution < -0.4 is 0 Å². The van der Waals surface area contributed by atoms with Gasteiger partial charge in [-0.2, -0.15) is 0 Å². The van der Waals surface area contributed by atoms with Gasteiger partial charge in [0.25, 0.3) is 0 Å². The second kappa shape index (κ2) is 4.96. The molecule has 2 heterocycles. The summed E-state index contributed by atoms with van der Waals surface area (Å²) >= 11 is 6.26. The third kappa shape index (κ3) is 2.30. The number of halogens is 1. The van der Waals surface area contributed by atoms with Gasteiger partial charge in [0.15, 0.2) is 15.4 Å². The van der Waals surface area contributed by atoms with Crippen molar-refractivity contribution in [2.24, 2.45) is 5.41 Å². The predicted octanol–water partition coefficient (Wildman–Crippen LogP) is 3.73. The lowest BCUT2D eigenvalue weighted by molar-refractivity contribution is -0.153. The molecule has 1 aliphatic heterocycles. The maximum atomic E-state index is 13.1. The highest BCUT2D eigenvalue weighted by atomic mass is 35.5. The van der Waals surface area contributed by atoms with Gasteiger partial charge in [0.05, 0.1) is 23.5 Å². The van der Waals surface area contributed by atoms with E-state index in [-0.39, 0.29) is 26.3 Å². The summed E-state index contributed by atoms with van der Waals surface area (Å²) in [4.78, 5) is 4.54. The summed E-state index contributed by atoms with van der Waals surface area (Å²) in [5.74, 6) is 0.508. The standard InChI is InChI=1S/C17H20ClNO4S/c1-16(2,3)15-19-12-5-4-11(18)14(13(12)23-15)24(20,21)10-6-17(7-10)8-22-9-17/h4-5,10H,6-9H2,1-3H3. The number of oxazole rings is 1. The van der Waals surface area contributed by atoms with Gasteiger partial charge in [0, 0.05) is 10.8 Å². The van der Waals surface area contributed by atoms with Gasteiger partial charge in [-0.15, -0.1) is 0 Å². The van der Waals surface area contributed by atoms with Crippen LogP contribution in [0.25, 0.3) is 11.1 Å². The van der Waals surface area contributed by atoms with Crippen LogP contribution in [0.5, 0.6) is 0 Å². The van der Waals surface area contributed by atoms with Crippen LogP contribution >= 0.6 is 11.6 Å². The molecule has 2 fully saturated rings. The predicted molar refractivity (Wildman–Crippen MR) is 91.2 cm³/mol. The average Bonchev–Trinajstić information content (AvgIpc) is 2.77. The fourth-order valence-electron chi connectivity index (χ4n) is 3.45. The number of benzene rings is 1. The molecule has 130 valence electrons. The maximum absolute atomic E-state index is 13.1. The lowest BCUT2D eigenvalue weighted by atomic mass is 9.67. The van der Waals surface area contributed by atoms with Crippen molar-refractivity contribution >= 4 is 32.5 Å². The normalized spacial score (nSPS) is 21.0. The van der Waals surface area contributed by atoms with Gasteiger partial charge < -0.3 is 9.15 Å². The first-order chi connectivity index (χ1) is 11.1. The van der Waals surface area contributed by atoms with E-state index < -0.39 is 15.1 Å². The number of aromatic nitrogens is 1. The molecule has 0 bridgehead atoms. The van der Waals surface area contributed by atoms with Gasteiger partial charge in [-0.25, -0.2) is 13.4 Å². The minimum Gasteiger partial charge on any atom is -0.439 e. The summed E-state index contributed by atoms with van der Waals surface area (Å²) in [7, 11) is -3.56. The van der Waals surface area contributed by atoms with Gasteiger partial charge in [0.1, 0.15) is 10.4 Å².